The number of methoxy groups -OCH3 is 1. The van der Waals surface area contributed by atoms with Crippen molar-refractivity contribution in [3.63, 3.8) is 0 Å². The fraction of sp³-hybridized carbons (Fsp3) is 0.429. The van der Waals surface area contributed by atoms with Crippen molar-refractivity contribution in [3.05, 3.63) is 47.3 Å². The first-order chi connectivity index (χ1) is 14.4. The van der Waals surface area contributed by atoms with Crippen LogP contribution in [0.4, 0.5) is 0 Å². The highest BCUT2D eigenvalue weighted by atomic mass is 16.7. The first-order valence-electron chi connectivity index (χ1n) is 9.44. The van der Waals surface area contributed by atoms with Crippen molar-refractivity contribution in [1.29, 1.82) is 0 Å². The Bertz CT molecular complexity index is 843. The number of phenolic OH excluding ortho intramolecular Hbond substituents is 2. The highest BCUT2D eigenvalue weighted by Crippen LogP contribution is 2.44. The van der Waals surface area contributed by atoms with Crippen LogP contribution in [0.3, 0.4) is 0 Å². The van der Waals surface area contributed by atoms with Crippen molar-refractivity contribution in [3.8, 4) is 17.2 Å². The van der Waals surface area contributed by atoms with E-state index >= 15 is 0 Å². The summed E-state index contributed by atoms with van der Waals surface area (Å²) in [6.45, 7) is 1.43. The third-order valence-electron chi connectivity index (χ3n) is 4.95. The monoisotopic (exact) mass is 422 g/mol. The Morgan fingerprint density at radius 1 is 1.20 bits per heavy atom. The standard InChI is InChI=1S/C21H26O9/c1-3-4-5-6-12-7-11-8-14(23)19(16(24)13(11)10-28-12)30-21-18(26)17(25)20(27-2)15(9-22)29-21/h3-8,15,17-18,20-26H,9-10H2,1-2H3. The third-order valence-corrected chi connectivity index (χ3v) is 4.95. The van der Waals surface area contributed by atoms with Crippen molar-refractivity contribution in [1.82, 2.24) is 0 Å². The molecular weight excluding hydrogens is 396 g/mol. The van der Waals surface area contributed by atoms with E-state index in [1.54, 1.807) is 18.2 Å². The van der Waals surface area contributed by atoms with Gasteiger partial charge in [-0.2, -0.15) is 0 Å². The van der Waals surface area contributed by atoms with E-state index < -0.39 is 37.3 Å². The van der Waals surface area contributed by atoms with E-state index in [0.717, 1.165) is 0 Å². The Hall–Kier alpha value is -2.56. The molecule has 0 aliphatic carbocycles. The summed E-state index contributed by atoms with van der Waals surface area (Å²) in [5.41, 5.74) is 0.923. The van der Waals surface area contributed by atoms with Crippen LogP contribution in [0.25, 0.3) is 6.08 Å². The maximum absolute atomic E-state index is 10.6. The van der Waals surface area contributed by atoms with E-state index in [2.05, 4.69) is 0 Å². The molecular formula is C21H26O9. The zero-order valence-corrected chi connectivity index (χ0v) is 16.6. The summed E-state index contributed by atoms with van der Waals surface area (Å²) < 4.78 is 21.6. The summed E-state index contributed by atoms with van der Waals surface area (Å²) >= 11 is 0. The summed E-state index contributed by atoms with van der Waals surface area (Å²) in [5, 5.41) is 51.0. The third kappa shape index (κ3) is 4.30. The van der Waals surface area contributed by atoms with Gasteiger partial charge < -0.3 is 44.5 Å². The SMILES string of the molecule is CC=CC=CC1=Cc2cc(O)c(OC3OC(CO)C(OC)C(O)C3O)c(O)c2CO1. The molecule has 9 heteroatoms. The zero-order chi connectivity index (χ0) is 21.8. The summed E-state index contributed by atoms with van der Waals surface area (Å²) in [6, 6.07) is 1.39. The number of hydrogen-bond acceptors (Lipinski definition) is 9. The average molecular weight is 422 g/mol. The molecule has 1 fully saturated rings. The second kappa shape index (κ2) is 9.50. The average Bonchev–Trinajstić information content (AvgIpc) is 2.73. The number of ether oxygens (including phenoxy) is 4. The van der Waals surface area contributed by atoms with Crippen LogP contribution in [0.5, 0.6) is 17.2 Å². The van der Waals surface area contributed by atoms with Gasteiger partial charge in [0.25, 0.3) is 0 Å². The normalized spacial score (nSPS) is 29.0. The minimum absolute atomic E-state index is 0.0333. The molecule has 2 heterocycles. The van der Waals surface area contributed by atoms with Gasteiger partial charge in [0.1, 0.15) is 36.8 Å². The number of allylic oxidation sites excluding steroid dienone is 4. The number of fused-ring (bicyclic) bond motifs is 1. The molecule has 5 unspecified atom stereocenters. The molecule has 1 aromatic carbocycles. The Morgan fingerprint density at radius 2 is 1.97 bits per heavy atom. The van der Waals surface area contributed by atoms with E-state index in [9.17, 15) is 25.5 Å². The lowest BCUT2D eigenvalue weighted by Gasteiger charge is -2.41. The number of aliphatic hydroxyl groups excluding tert-OH is 3. The molecule has 9 nitrogen and oxygen atoms in total. The van der Waals surface area contributed by atoms with Gasteiger partial charge in [0.05, 0.1) is 6.61 Å². The fourth-order valence-corrected chi connectivity index (χ4v) is 3.36. The molecule has 0 spiro atoms. The molecule has 5 atom stereocenters. The van der Waals surface area contributed by atoms with Gasteiger partial charge in [-0.25, -0.2) is 0 Å². The minimum Gasteiger partial charge on any atom is -0.504 e. The van der Waals surface area contributed by atoms with Crippen LogP contribution in [0.15, 0.2) is 36.1 Å². The fourth-order valence-electron chi connectivity index (χ4n) is 3.36. The van der Waals surface area contributed by atoms with E-state index in [1.807, 2.05) is 19.1 Å². The van der Waals surface area contributed by atoms with Crippen molar-refractivity contribution in [2.24, 2.45) is 0 Å². The second-order valence-corrected chi connectivity index (χ2v) is 6.89. The Kier molecular flexibility index (Phi) is 7.01. The lowest BCUT2D eigenvalue weighted by Crippen LogP contribution is -2.60. The molecule has 1 saturated heterocycles. The molecule has 2 aliphatic heterocycles. The zero-order valence-electron chi connectivity index (χ0n) is 16.6. The molecule has 0 aromatic heterocycles. The first-order valence-corrected chi connectivity index (χ1v) is 9.44. The number of phenols is 2. The minimum atomic E-state index is -1.55. The largest absolute Gasteiger partial charge is 0.504 e. The summed E-state index contributed by atoms with van der Waals surface area (Å²) in [6.07, 6.45) is 2.54. The lowest BCUT2D eigenvalue weighted by atomic mass is 9.99. The first kappa shape index (κ1) is 22.1. The predicted molar refractivity (Wildman–Crippen MR) is 106 cm³/mol. The molecule has 164 valence electrons. The predicted octanol–water partition coefficient (Wildman–Crippen LogP) is 0.934. The van der Waals surface area contributed by atoms with Crippen LogP contribution in [0.2, 0.25) is 0 Å². The maximum atomic E-state index is 10.6. The lowest BCUT2D eigenvalue weighted by molar-refractivity contribution is -0.282. The van der Waals surface area contributed by atoms with Crippen LogP contribution in [-0.4, -0.2) is 70.0 Å². The van der Waals surface area contributed by atoms with Crippen LogP contribution >= 0.6 is 0 Å². The number of hydrogen-bond donors (Lipinski definition) is 5. The topological polar surface area (TPSA) is 138 Å². The summed E-state index contributed by atoms with van der Waals surface area (Å²) in [7, 11) is 1.31. The van der Waals surface area contributed by atoms with Gasteiger partial charge in [0.15, 0.2) is 11.5 Å². The van der Waals surface area contributed by atoms with Crippen LogP contribution < -0.4 is 4.74 Å². The smallest absolute Gasteiger partial charge is 0.229 e. The van der Waals surface area contributed by atoms with E-state index in [-0.39, 0.29) is 23.9 Å². The number of benzene rings is 1. The van der Waals surface area contributed by atoms with Crippen LogP contribution in [0.1, 0.15) is 18.1 Å². The van der Waals surface area contributed by atoms with Gasteiger partial charge in [-0.1, -0.05) is 18.2 Å². The Morgan fingerprint density at radius 3 is 2.63 bits per heavy atom. The van der Waals surface area contributed by atoms with E-state index in [1.165, 1.54) is 13.2 Å². The van der Waals surface area contributed by atoms with Crippen molar-refractivity contribution in [2.75, 3.05) is 13.7 Å². The molecule has 30 heavy (non-hydrogen) atoms. The number of aliphatic hydroxyl groups is 3. The summed E-state index contributed by atoms with van der Waals surface area (Å²) in [5.74, 6) is -0.542. The van der Waals surface area contributed by atoms with Gasteiger partial charge in [-0.3, -0.25) is 0 Å². The Balaban J connectivity index is 1.86. The molecule has 5 N–H and O–H groups in total. The van der Waals surface area contributed by atoms with Crippen molar-refractivity contribution >= 4 is 6.08 Å². The van der Waals surface area contributed by atoms with Gasteiger partial charge in [0.2, 0.25) is 12.0 Å². The summed E-state index contributed by atoms with van der Waals surface area (Å²) in [4.78, 5) is 0. The number of aromatic hydroxyl groups is 2. The van der Waals surface area contributed by atoms with E-state index in [4.69, 9.17) is 18.9 Å². The highest BCUT2D eigenvalue weighted by Gasteiger charge is 2.46. The van der Waals surface area contributed by atoms with Gasteiger partial charge in [-0.05, 0) is 30.7 Å². The molecule has 0 radical (unpaired) electrons. The van der Waals surface area contributed by atoms with Gasteiger partial charge in [0, 0.05) is 12.7 Å². The molecule has 0 amide bonds. The van der Waals surface area contributed by atoms with Gasteiger partial charge in [-0.15, -0.1) is 0 Å². The molecule has 1 aromatic rings. The van der Waals surface area contributed by atoms with Crippen LogP contribution in [0, 0.1) is 0 Å². The van der Waals surface area contributed by atoms with Gasteiger partial charge >= 0.3 is 0 Å². The van der Waals surface area contributed by atoms with Crippen molar-refractivity contribution < 1.29 is 44.5 Å². The molecule has 2 aliphatic rings. The number of rotatable bonds is 6. The maximum Gasteiger partial charge on any atom is 0.229 e. The second-order valence-electron chi connectivity index (χ2n) is 6.89. The molecule has 0 saturated carbocycles. The van der Waals surface area contributed by atoms with E-state index in [0.29, 0.717) is 16.9 Å². The highest BCUT2D eigenvalue weighted by molar-refractivity contribution is 5.69. The quantitative estimate of drug-likeness (QED) is 0.424. The molecule has 0 bridgehead atoms. The molecule has 3 rings (SSSR count). The van der Waals surface area contributed by atoms with Crippen LogP contribution in [-0.2, 0) is 20.8 Å². The Labute approximate surface area is 173 Å². The van der Waals surface area contributed by atoms with Crippen molar-refractivity contribution in [2.45, 2.75) is 44.2 Å².